The zero-order chi connectivity index (χ0) is 15.1. The second-order valence-electron chi connectivity index (χ2n) is 7.33. The molecule has 1 aromatic heterocycles. The Morgan fingerprint density at radius 1 is 1.30 bits per heavy atom. The van der Waals surface area contributed by atoms with Gasteiger partial charge < -0.3 is 0 Å². The Kier molecular flexibility index (Phi) is 4.76. The van der Waals surface area contributed by atoms with Crippen molar-refractivity contribution in [3.8, 4) is 0 Å². The van der Waals surface area contributed by atoms with E-state index in [0.29, 0.717) is 11.3 Å². The summed E-state index contributed by atoms with van der Waals surface area (Å²) in [5.41, 5.74) is 2.41. The van der Waals surface area contributed by atoms with Crippen molar-refractivity contribution in [2.75, 3.05) is 0 Å². The largest absolute Gasteiger partial charge is 0.271 e. The Balaban J connectivity index is 2.14. The smallest absolute Gasteiger partial charge is 0.0847 e. The number of hydrogen-bond acceptors (Lipinski definition) is 1. The number of rotatable bonds is 2. The highest BCUT2D eigenvalue weighted by Crippen LogP contribution is 2.43. The summed E-state index contributed by atoms with van der Waals surface area (Å²) in [6.45, 7) is 8.97. The second-order valence-corrected chi connectivity index (χ2v) is 8.26. The molecule has 1 aromatic rings. The maximum Gasteiger partial charge on any atom is 0.0847 e. The number of hydrogen-bond donors (Lipinski definition) is 0. The van der Waals surface area contributed by atoms with Crippen LogP contribution in [-0.2, 0) is 13.5 Å². The summed E-state index contributed by atoms with van der Waals surface area (Å²) in [5, 5.41) is 5.49. The molecule has 1 fully saturated rings. The van der Waals surface area contributed by atoms with Gasteiger partial charge in [-0.3, -0.25) is 4.68 Å². The van der Waals surface area contributed by atoms with Crippen LogP contribution in [0.3, 0.4) is 0 Å². The third-order valence-corrected chi connectivity index (χ3v) is 5.90. The number of nitrogens with zero attached hydrogens (tertiary/aromatic N) is 2. The monoisotopic (exact) mass is 316 g/mol. The van der Waals surface area contributed by atoms with Crippen molar-refractivity contribution in [2.45, 2.75) is 58.8 Å². The van der Waals surface area contributed by atoms with Crippen molar-refractivity contribution >= 4 is 23.2 Å². The highest BCUT2D eigenvalue weighted by atomic mass is 35.5. The first-order chi connectivity index (χ1) is 9.20. The minimum atomic E-state index is 0.264. The van der Waals surface area contributed by atoms with Crippen LogP contribution >= 0.6 is 23.2 Å². The minimum Gasteiger partial charge on any atom is -0.271 e. The number of aryl methyl sites for hydroxylation is 2. The van der Waals surface area contributed by atoms with E-state index in [0.717, 1.165) is 35.2 Å². The Labute approximate surface area is 132 Å². The Bertz CT molecular complexity index is 474. The molecule has 1 saturated carbocycles. The topological polar surface area (TPSA) is 17.8 Å². The molecule has 0 N–H and O–H groups in total. The maximum absolute atomic E-state index is 6.59. The fraction of sp³-hybridized carbons (Fsp3) is 0.812. The standard InChI is InChI=1S/C16H26Cl2N2/c1-10-15(18)14(20(5)19-10)9-11-8-12(16(2,3)4)6-7-13(11)17/h11-13H,6-9H2,1-5H3. The van der Waals surface area contributed by atoms with E-state index in [1.807, 2.05) is 18.7 Å². The van der Waals surface area contributed by atoms with Gasteiger partial charge in [0.1, 0.15) is 0 Å². The third-order valence-electron chi connectivity index (χ3n) is 4.83. The summed E-state index contributed by atoms with van der Waals surface area (Å²) < 4.78 is 1.92. The zero-order valence-electron chi connectivity index (χ0n) is 13.2. The van der Waals surface area contributed by atoms with Gasteiger partial charge in [-0.1, -0.05) is 32.4 Å². The normalized spacial score (nSPS) is 27.9. The van der Waals surface area contributed by atoms with Gasteiger partial charge in [-0.15, -0.1) is 11.6 Å². The average molecular weight is 317 g/mol. The van der Waals surface area contributed by atoms with Gasteiger partial charge in [0.2, 0.25) is 0 Å². The van der Waals surface area contributed by atoms with Crippen LogP contribution in [0.25, 0.3) is 0 Å². The van der Waals surface area contributed by atoms with Gasteiger partial charge in [0.25, 0.3) is 0 Å². The quantitative estimate of drug-likeness (QED) is 0.702. The molecule has 1 heterocycles. The van der Waals surface area contributed by atoms with Crippen molar-refractivity contribution in [1.29, 1.82) is 0 Å². The van der Waals surface area contributed by atoms with E-state index in [2.05, 4.69) is 25.9 Å². The molecule has 0 amide bonds. The van der Waals surface area contributed by atoms with Crippen LogP contribution in [0.15, 0.2) is 0 Å². The van der Waals surface area contributed by atoms with Gasteiger partial charge >= 0.3 is 0 Å². The third kappa shape index (κ3) is 3.33. The van der Waals surface area contributed by atoms with Crippen molar-refractivity contribution < 1.29 is 0 Å². The molecule has 1 aliphatic carbocycles. The van der Waals surface area contributed by atoms with Gasteiger partial charge in [0.05, 0.1) is 16.4 Å². The van der Waals surface area contributed by atoms with Gasteiger partial charge in [-0.25, -0.2) is 0 Å². The van der Waals surface area contributed by atoms with Crippen molar-refractivity contribution in [1.82, 2.24) is 9.78 Å². The van der Waals surface area contributed by atoms with Crippen LogP contribution in [-0.4, -0.2) is 15.2 Å². The van der Waals surface area contributed by atoms with E-state index in [1.54, 1.807) is 0 Å². The molecule has 1 aliphatic rings. The SMILES string of the molecule is Cc1nn(C)c(CC2CC(C(C)(C)C)CCC2Cl)c1Cl. The minimum absolute atomic E-state index is 0.264. The zero-order valence-corrected chi connectivity index (χ0v) is 14.7. The van der Waals surface area contributed by atoms with Crippen LogP contribution in [0, 0.1) is 24.2 Å². The van der Waals surface area contributed by atoms with Crippen LogP contribution < -0.4 is 0 Å². The molecule has 0 saturated heterocycles. The molecule has 0 aromatic carbocycles. The number of halogens is 2. The summed E-state index contributed by atoms with van der Waals surface area (Å²) in [4.78, 5) is 0. The van der Waals surface area contributed by atoms with Gasteiger partial charge in [-0.2, -0.15) is 5.10 Å². The Morgan fingerprint density at radius 3 is 2.45 bits per heavy atom. The van der Waals surface area contributed by atoms with Gasteiger partial charge in [0, 0.05) is 12.4 Å². The first kappa shape index (κ1) is 16.2. The fourth-order valence-corrected chi connectivity index (χ4v) is 3.93. The first-order valence-electron chi connectivity index (χ1n) is 7.52. The Morgan fingerprint density at radius 2 is 1.95 bits per heavy atom. The van der Waals surface area contributed by atoms with E-state index >= 15 is 0 Å². The average Bonchev–Trinajstić information content (AvgIpc) is 2.57. The van der Waals surface area contributed by atoms with Gasteiger partial charge in [-0.05, 0) is 49.9 Å². The maximum atomic E-state index is 6.59. The van der Waals surface area contributed by atoms with E-state index in [4.69, 9.17) is 23.2 Å². The summed E-state index contributed by atoms with van der Waals surface area (Å²) in [6.07, 6.45) is 4.49. The summed E-state index contributed by atoms with van der Waals surface area (Å²) >= 11 is 13.0. The lowest BCUT2D eigenvalue weighted by molar-refractivity contribution is 0.143. The van der Waals surface area contributed by atoms with Crippen LogP contribution in [0.2, 0.25) is 5.02 Å². The molecular weight excluding hydrogens is 291 g/mol. The van der Waals surface area contributed by atoms with E-state index in [9.17, 15) is 0 Å². The van der Waals surface area contributed by atoms with E-state index in [1.165, 1.54) is 12.8 Å². The molecule has 4 heteroatoms. The van der Waals surface area contributed by atoms with Gasteiger partial charge in [0.15, 0.2) is 0 Å². The summed E-state index contributed by atoms with van der Waals surface area (Å²) in [7, 11) is 1.97. The van der Waals surface area contributed by atoms with E-state index < -0.39 is 0 Å². The Hall–Kier alpha value is -0.210. The van der Waals surface area contributed by atoms with Crippen molar-refractivity contribution in [3.63, 3.8) is 0 Å². The predicted molar refractivity (Wildman–Crippen MR) is 86.6 cm³/mol. The molecule has 3 unspecified atom stereocenters. The highest BCUT2D eigenvalue weighted by molar-refractivity contribution is 6.31. The van der Waals surface area contributed by atoms with Crippen LogP contribution in [0.4, 0.5) is 0 Å². The van der Waals surface area contributed by atoms with Crippen LogP contribution in [0.1, 0.15) is 51.4 Å². The van der Waals surface area contributed by atoms with Crippen molar-refractivity contribution in [2.24, 2.45) is 24.3 Å². The molecule has 3 atom stereocenters. The predicted octanol–water partition coefficient (Wildman–Crippen LogP) is 4.99. The first-order valence-corrected chi connectivity index (χ1v) is 8.33. The van der Waals surface area contributed by atoms with Crippen molar-refractivity contribution in [3.05, 3.63) is 16.4 Å². The lowest BCUT2D eigenvalue weighted by atomic mass is 9.68. The molecular formula is C16H26Cl2N2. The van der Waals surface area contributed by atoms with Crippen LogP contribution in [0.5, 0.6) is 0 Å². The molecule has 0 radical (unpaired) electrons. The molecule has 0 aliphatic heterocycles. The van der Waals surface area contributed by atoms with E-state index in [-0.39, 0.29) is 5.38 Å². The second kappa shape index (κ2) is 5.88. The fourth-order valence-electron chi connectivity index (χ4n) is 3.38. The summed E-state index contributed by atoms with van der Waals surface area (Å²) in [6, 6.07) is 0. The molecule has 20 heavy (non-hydrogen) atoms. The molecule has 0 bridgehead atoms. The number of aromatic nitrogens is 2. The number of alkyl halides is 1. The molecule has 114 valence electrons. The lowest BCUT2D eigenvalue weighted by Crippen LogP contribution is -2.33. The molecule has 2 nitrogen and oxygen atoms in total. The molecule has 2 rings (SSSR count). The molecule has 0 spiro atoms. The summed E-state index contributed by atoms with van der Waals surface area (Å²) in [5.74, 6) is 1.25. The lowest BCUT2D eigenvalue weighted by Gasteiger charge is -2.40. The highest BCUT2D eigenvalue weighted by Gasteiger charge is 2.35.